The smallest absolute Gasteiger partial charge is 0.348 e. The second-order valence-corrected chi connectivity index (χ2v) is 9.90. The van der Waals surface area contributed by atoms with E-state index in [1.165, 1.54) is 16.8 Å². The Balaban J connectivity index is 1.41. The van der Waals surface area contributed by atoms with Crippen LogP contribution in [0.15, 0.2) is 48.8 Å². The quantitative estimate of drug-likeness (QED) is 0.340. The van der Waals surface area contributed by atoms with Gasteiger partial charge in [0, 0.05) is 42.1 Å². The number of benzene rings is 1. The van der Waals surface area contributed by atoms with E-state index in [9.17, 15) is 18.0 Å². The molecule has 36 heavy (non-hydrogen) atoms. The molecule has 1 aliphatic heterocycles. The van der Waals surface area contributed by atoms with Crippen molar-refractivity contribution >= 4 is 40.8 Å². The lowest BCUT2D eigenvalue weighted by Crippen LogP contribution is -2.39. The fourth-order valence-electron chi connectivity index (χ4n) is 4.46. The number of rotatable bonds is 7. The van der Waals surface area contributed by atoms with Crippen LogP contribution in [0.5, 0.6) is 0 Å². The van der Waals surface area contributed by atoms with E-state index in [0.717, 1.165) is 16.9 Å². The number of piperidine rings is 1. The summed E-state index contributed by atoms with van der Waals surface area (Å²) in [5, 5.41) is 3.39. The van der Waals surface area contributed by atoms with Crippen molar-refractivity contribution in [2.24, 2.45) is 7.05 Å². The van der Waals surface area contributed by atoms with Gasteiger partial charge in [0.15, 0.2) is 0 Å². The van der Waals surface area contributed by atoms with Crippen LogP contribution in [0, 0.1) is 0 Å². The molecule has 1 fully saturated rings. The largest absolute Gasteiger partial charge is 0.401 e. The van der Waals surface area contributed by atoms with Crippen LogP contribution < -0.4 is 10.0 Å². The second-order valence-electron chi connectivity index (χ2n) is 8.86. The molecule has 0 radical (unpaired) electrons. The van der Waals surface area contributed by atoms with E-state index in [4.69, 9.17) is 11.6 Å². The van der Waals surface area contributed by atoms with Crippen molar-refractivity contribution in [3.05, 3.63) is 64.9 Å². The lowest BCUT2D eigenvalue weighted by atomic mass is 9.90. The van der Waals surface area contributed by atoms with Gasteiger partial charge in [0.05, 0.1) is 23.5 Å². The standard InChI is InChI=1S/C25H27ClF3N5OS/c1-33-14-18(24(35)31-20-10-19(26)11-21(12-20)32-36-2)9-23(33)22-4-3-17(13-30-22)16-5-7-34(8-6-16)15-25(27,28)29/h3-4,9-14,16,32H,5-8,15H2,1-2H3,(H,31,35). The second kappa shape index (κ2) is 11.1. The molecule has 6 nitrogen and oxygen atoms in total. The molecule has 0 unspecified atom stereocenters. The molecule has 3 heterocycles. The molecule has 1 amide bonds. The first kappa shape index (κ1) is 26.4. The average Bonchev–Trinajstić information content (AvgIpc) is 3.20. The van der Waals surface area contributed by atoms with Gasteiger partial charge in [-0.3, -0.25) is 14.7 Å². The number of aryl methyl sites for hydroxylation is 1. The van der Waals surface area contributed by atoms with E-state index >= 15 is 0 Å². The molecule has 0 spiro atoms. The molecule has 1 saturated heterocycles. The lowest BCUT2D eigenvalue weighted by molar-refractivity contribution is -0.147. The molecular formula is C25H27ClF3N5OS. The molecule has 0 bridgehead atoms. The highest BCUT2D eigenvalue weighted by Crippen LogP contribution is 2.31. The predicted octanol–water partition coefficient (Wildman–Crippen LogP) is 6.42. The third kappa shape index (κ3) is 6.74. The summed E-state index contributed by atoms with van der Waals surface area (Å²) in [5.74, 6) is -0.0783. The number of halogens is 4. The van der Waals surface area contributed by atoms with Crippen molar-refractivity contribution in [2.45, 2.75) is 24.9 Å². The van der Waals surface area contributed by atoms with Gasteiger partial charge in [-0.2, -0.15) is 13.2 Å². The SMILES string of the molecule is CSNc1cc(Cl)cc(NC(=O)c2cc(-c3ccc(C4CCN(CC(F)(F)F)CC4)cn3)n(C)c2)c1. The van der Waals surface area contributed by atoms with Gasteiger partial charge in [-0.15, -0.1) is 0 Å². The Bertz CT molecular complexity index is 1210. The molecule has 3 aromatic rings. The highest BCUT2D eigenvalue weighted by Gasteiger charge is 2.32. The van der Waals surface area contributed by atoms with Gasteiger partial charge in [-0.25, -0.2) is 0 Å². The van der Waals surface area contributed by atoms with Crippen LogP contribution in [-0.4, -0.2) is 52.4 Å². The lowest BCUT2D eigenvalue weighted by Gasteiger charge is -2.32. The van der Waals surface area contributed by atoms with Crippen LogP contribution in [0.3, 0.4) is 0 Å². The number of anilines is 2. The van der Waals surface area contributed by atoms with Crippen molar-refractivity contribution in [2.75, 3.05) is 35.9 Å². The minimum absolute atomic E-state index is 0.189. The summed E-state index contributed by atoms with van der Waals surface area (Å²) in [4.78, 5) is 18.9. The molecule has 0 saturated carbocycles. The molecular weight excluding hydrogens is 511 g/mol. The van der Waals surface area contributed by atoms with E-state index in [0.29, 0.717) is 47.9 Å². The van der Waals surface area contributed by atoms with Gasteiger partial charge in [-0.05, 0) is 67.7 Å². The first-order valence-corrected chi connectivity index (χ1v) is 13.0. The van der Waals surface area contributed by atoms with Gasteiger partial charge in [0.25, 0.3) is 5.91 Å². The molecule has 1 aromatic carbocycles. The third-order valence-electron chi connectivity index (χ3n) is 6.15. The zero-order valence-electron chi connectivity index (χ0n) is 19.9. The number of nitrogens with one attached hydrogen (secondary N) is 2. The first-order chi connectivity index (χ1) is 17.1. The number of amides is 1. The number of aromatic nitrogens is 2. The normalized spacial score (nSPS) is 15.2. The number of hydrogen-bond acceptors (Lipinski definition) is 5. The maximum absolute atomic E-state index is 12.9. The van der Waals surface area contributed by atoms with E-state index in [1.54, 1.807) is 36.7 Å². The maximum Gasteiger partial charge on any atom is 0.401 e. The Morgan fingerprint density at radius 1 is 1.17 bits per heavy atom. The Kier molecular flexibility index (Phi) is 8.17. The molecule has 1 aliphatic rings. The maximum atomic E-state index is 12.9. The Hall–Kier alpha value is -2.69. The zero-order valence-corrected chi connectivity index (χ0v) is 21.5. The highest BCUT2D eigenvalue weighted by atomic mass is 35.5. The number of hydrogen-bond donors (Lipinski definition) is 2. The molecule has 0 aliphatic carbocycles. The summed E-state index contributed by atoms with van der Waals surface area (Å²) in [6.07, 6.45) is 2.60. The summed E-state index contributed by atoms with van der Waals surface area (Å²) < 4.78 is 42.8. The van der Waals surface area contributed by atoms with Crippen molar-refractivity contribution in [1.82, 2.24) is 14.5 Å². The van der Waals surface area contributed by atoms with E-state index in [-0.39, 0.29) is 11.8 Å². The molecule has 11 heteroatoms. The fraction of sp³-hybridized carbons (Fsp3) is 0.360. The fourth-order valence-corrected chi connectivity index (χ4v) is 5.05. The first-order valence-electron chi connectivity index (χ1n) is 11.4. The summed E-state index contributed by atoms with van der Waals surface area (Å²) in [6, 6.07) is 10.9. The monoisotopic (exact) mass is 537 g/mol. The highest BCUT2D eigenvalue weighted by molar-refractivity contribution is 7.99. The van der Waals surface area contributed by atoms with E-state index in [1.807, 2.05) is 30.0 Å². The van der Waals surface area contributed by atoms with Gasteiger partial charge in [-0.1, -0.05) is 29.6 Å². The summed E-state index contributed by atoms with van der Waals surface area (Å²) in [5.41, 5.74) is 4.36. The number of alkyl halides is 3. The van der Waals surface area contributed by atoms with Crippen LogP contribution >= 0.6 is 23.5 Å². The minimum atomic E-state index is -4.16. The number of carbonyl (C=O) groups excluding carboxylic acids is 1. The van der Waals surface area contributed by atoms with Crippen molar-refractivity contribution in [1.29, 1.82) is 0 Å². The number of nitrogens with zero attached hydrogens (tertiary/aromatic N) is 3. The number of likely N-dealkylation sites (tertiary alicyclic amines) is 1. The Labute approximate surface area is 217 Å². The molecule has 0 atom stereocenters. The Morgan fingerprint density at radius 3 is 2.53 bits per heavy atom. The summed E-state index contributed by atoms with van der Waals surface area (Å²) >= 11 is 7.59. The molecule has 192 valence electrons. The van der Waals surface area contributed by atoms with Gasteiger partial charge >= 0.3 is 6.18 Å². The van der Waals surface area contributed by atoms with Crippen LogP contribution in [0.2, 0.25) is 5.02 Å². The van der Waals surface area contributed by atoms with Crippen LogP contribution in [-0.2, 0) is 7.05 Å². The molecule has 2 aromatic heterocycles. The van der Waals surface area contributed by atoms with Crippen molar-refractivity contribution in [3.63, 3.8) is 0 Å². The van der Waals surface area contributed by atoms with E-state index in [2.05, 4.69) is 15.0 Å². The topological polar surface area (TPSA) is 62.2 Å². The molecule has 2 N–H and O–H groups in total. The van der Waals surface area contributed by atoms with Crippen LogP contribution in [0.4, 0.5) is 24.5 Å². The average molecular weight is 538 g/mol. The molecule has 4 rings (SSSR count). The van der Waals surface area contributed by atoms with Gasteiger partial charge in [0.1, 0.15) is 0 Å². The van der Waals surface area contributed by atoms with Crippen molar-refractivity contribution in [3.8, 4) is 11.4 Å². The van der Waals surface area contributed by atoms with Crippen LogP contribution in [0.25, 0.3) is 11.4 Å². The predicted molar refractivity (Wildman–Crippen MR) is 140 cm³/mol. The number of pyridine rings is 1. The van der Waals surface area contributed by atoms with Crippen molar-refractivity contribution < 1.29 is 18.0 Å². The summed E-state index contributed by atoms with van der Waals surface area (Å²) in [6.45, 7) is -0.0131. The van der Waals surface area contributed by atoms with Gasteiger partial charge < -0.3 is 14.6 Å². The van der Waals surface area contributed by atoms with Crippen LogP contribution in [0.1, 0.15) is 34.7 Å². The summed E-state index contributed by atoms with van der Waals surface area (Å²) in [7, 11) is 1.85. The van der Waals surface area contributed by atoms with Gasteiger partial charge in [0.2, 0.25) is 0 Å². The van der Waals surface area contributed by atoms with E-state index < -0.39 is 12.7 Å². The third-order valence-corrected chi connectivity index (χ3v) is 6.81. The Morgan fingerprint density at radius 2 is 1.89 bits per heavy atom. The minimum Gasteiger partial charge on any atom is -0.348 e. The zero-order chi connectivity index (χ0) is 25.9. The number of carbonyl (C=O) groups is 1.